The van der Waals surface area contributed by atoms with Crippen LogP contribution in [0.3, 0.4) is 0 Å². The maximum atomic E-state index is 11.2. The molecule has 0 spiro atoms. The van der Waals surface area contributed by atoms with E-state index in [9.17, 15) is 8.76 Å². The SMILES string of the molecule is NN1C(=S)N[C@@H]2C[S+](=O)(O)C[C@@H]21. The summed E-state index contributed by atoms with van der Waals surface area (Å²) in [5.41, 5.74) is 0. The van der Waals surface area contributed by atoms with Crippen LogP contribution in [0.5, 0.6) is 0 Å². The Hall–Kier alpha value is -0.240. The van der Waals surface area contributed by atoms with Crippen LogP contribution in [0.15, 0.2) is 0 Å². The van der Waals surface area contributed by atoms with Crippen molar-refractivity contribution in [3.8, 4) is 0 Å². The number of hydrogen-bond donors (Lipinski definition) is 3. The van der Waals surface area contributed by atoms with Gasteiger partial charge in [-0.1, -0.05) is 4.21 Å². The highest BCUT2D eigenvalue weighted by molar-refractivity contribution is 7.98. The van der Waals surface area contributed by atoms with Crippen LogP contribution in [-0.2, 0) is 14.4 Å². The molecule has 12 heavy (non-hydrogen) atoms. The maximum absolute atomic E-state index is 11.2. The van der Waals surface area contributed by atoms with Gasteiger partial charge in [0.1, 0.15) is 12.1 Å². The highest BCUT2D eigenvalue weighted by Gasteiger charge is 2.53. The average molecular weight is 208 g/mol. The summed E-state index contributed by atoms with van der Waals surface area (Å²) in [4.78, 5) is 0. The van der Waals surface area contributed by atoms with Crippen LogP contribution in [0.2, 0.25) is 0 Å². The quantitative estimate of drug-likeness (QED) is 0.263. The van der Waals surface area contributed by atoms with Crippen LogP contribution in [0, 0.1) is 0 Å². The number of nitrogens with one attached hydrogen (secondary N) is 1. The number of nitrogens with zero attached hydrogens (tertiary/aromatic N) is 1. The normalized spacial score (nSPS) is 46.2. The third-order valence-electron chi connectivity index (χ3n) is 2.24. The van der Waals surface area contributed by atoms with Crippen molar-refractivity contribution in [1.29, 1.82) is 0 Å². The Morgan fingerprint density at radius 2 is 2.42 bits per heavy atom. The summed E-state index contributed by atoms with van der Waals surface area (Å²) in [6.45, 7) is 0. The lowest BCUT2D eigenvalue weighted by Crippen LogP contribution is -2.42. The van der Waals surface area contributed by atoms with E-state index in [2.05, 4.69) is 5.32 Å². The van der Waals surface area contributed by atoms with Crippen LogP contribution in [-0.4, -0.2) is 38.3 Å². The van der Waals surface area contributed by atoms with Gasteiger partial charge < -0.3 is 5.32 Å². The number of nitrogens with two attached hydrogens (primary N) is 1. The van der Waals surface area contributed by atoms with E-state index in [4.69, 9.17) is 18.1 Å². The molecule has 2 rings (SSSR count). The van der Waals surface area contributed by atoms with Gasteiger partial charge in [0.05, 0.1) is 0 Å². The molecule has 3 atom stereocenters. The zero-order valence-electron chi connectivity index (χ0n) is 6.27. The Bertz CT molecular complexity index is 282. The summed E-state index contributed by atoms with van der Waals surface area (Å²) in [6, 6.07) is -0.144. The summed E-state index contributed by atoms with van der Waals surface area (Å²) < 4.78 is 20.5. The van der Waals surface area contributed by atoms with E-state index >= 15 is 0 Å². The number of thiocarbonyl (C=S) groups is 1. The number of hydrogen-bond acceptors (Lipinski definition) is 3. The molecule has 0 aliphatic carbocycles. The molecule has 2 aliphatic rings. The van der Waals surface area contributed by atoms with Crippen molar-refractivity contribution < 1.29 is 8.76 Å². The monoisotopic (exact) mass is 208 g/mol. The minimum atomic E-state index is -2.66. The molecule has 0 amide bonds. The van der Waals surface area contributed by atoms with Gasteiger partial charge in [-0.25, -0.2) is 5.84 Å². The maximum Gasteiger partial charge on any atom is 0.218 e. The highest BCUT2D eigenvalue weighted by Crippen LogP contribution is 2.24. The van der Waals surface area contributed by atoms with Gasteiger partial charge in [-0.2, -0.15) is 4.55 Å². The van der Waals surface area contributed by atoms with Crippen molar-refractivity contribution in [2.24, 2.45) is 5.84 Å². The third-order valence-corrected chi connectivity index (χ3v) is 4.31. The fraction of sp³-hybridized carbons (Fsp3) is 0.800. The van der Waals surface area contributed by atoms with Crippen LogP contribution in [0.1, 0.15) is 0 Å². The summed E-state index contributed by atoms with van der Waals surface area (Å²) in [6.07, 6.45) is 0. The van der Waals surface area contributed by atoms with Gasteiger partial charge >= 0.3 is 0 Å². The predicted octanol–water partition coefficient (Wildman–Crippen LogP) is -1.23. The fourth-order valence-corrected chi connectivity index (χ4v) is 3.85. The molecule has 2 heterocycles. The van der Waals surface area contributed by atoms with Crippen molar-refractivity contribution in [2.75, 3.05) is 11.5 Å². The van der Waals surface area contributed by atoms with Crippen molar-refractivity contribution >= 4 is 27.5 Å². The summed E-state index contributed by atoms with van der Waals surface area (Å²) in [5.74, 6) is 6.06. The molecule has 0 bridgehead atoms. The van der Waals surface area contributed by atoms with Gasteiger partial charge in [0.25, 0.3) is 0 Å². The molecule has 0 aromatic heterocycles. The number of rotatable bonds is 0. The Morgan fingerprint density at radius 1 is 1.75 bits per heavy atom. The Balaban J connectivity index is 2.21. The van der Waals surface area contributed by atoms with Gasteiger partial charge in [0.2, 0.25) is 10.2 Å². The highest BCUT2D eigenvalue weighted by atomic mass is 32.3. The van der Waals surface area contributed by atoms with Gasteiger partial charge in [-0.3, -0.25) is 5.01 Å². The fourth-order valence-electron chi connectivity index (χ4n) is 1.64. The van der Waals surface area contributed by atoms with Gasteiger partial charge in [0.15, 0.2) is 16.6 Å². The van der Waals surface area contributed by atoms with Gasteiger partial charge in [-0.05, 0) is 12.2 Å². The largest absolute Gasteiger partial charge is 0.352 e. The first-order chi connectivity index (χ1) is 5.49. The van der Waals surface area contributed by atoms with E-state index in [1.54, 1.807) is 0 Å². The molecule has 68 valence electrons. The molecule has 7 heteroatoms. The van der Waals surface area contributed by atoms with Crippen molar-refractivity contribution in [1.82, 2.24) is 10.3 Å². The van der Waals surface area contributed by atoms with Gasteiger partial charge in [-0.15, -0.1) is 0 Å². The molecule has 0 saturated carbocycles. The molecule has 0 radical (unpaired) electrons. The molecule has 5 nitrogen and oxygen atoms in total. The van der Waals surface area contributed by atoms with Gasteiger partial charge in [0, 0.05) is 0 Å². The zero-order chi connectivity index (χ0) is 8.93. The van der Waals surface area contributed by atoms with E-state index in [0.717, 1.165) is 0 Å². The minimum Gasteiger partial charge on any atom is -0.352 e. The topological polar surface area (TPSA) is 78.6 Å². The first kappa shape index (κ1) is 8.36. The molecule has 2 saturated heterocycles. The van der Waals surface area contributed by atoms with Crippen molar-refractivity contribution in [3.63, 3.8) is 0 Å². The lowest BCUT2D eigenvalue weighted by Gasteiger charge is -2.13. The van der Waals surface area contributed by atoms with E-state index < -0.39 is 10.2 Å². The zero-order valence-corrected chi connectivity index (χ0v) is 7.90. The molecule has 4 N–H and O–H groups in total. The summed E-state index contributed by atoms with van der Waals surface area (Å²) >= 11 is 4.89. The molecular weight excluding hydrogens is 198 g/mol. The van der Waals surface area contributed by atoms with E-state index in [-0.39, 0.29) is 23.6 Å². The molecule has 0 aromatic rings. The standard InChI is InChI=1S/C5H9N3O2S2/c6-8-4-2-12(9,10)1-3(4)7-5(8)11/h3-4H,1-2,6H2,(H-,7,9,10,11)/p+1/t3-,4+/m1/s1. The second kappa shape index (κ2) is 2.38. The first-order valence-electron chi connectivity index (χ1n) is 3.56. The minimum absolute atomic E-state index is 0.0417. The number of hydrazine groups is 1. The van der Waals surface area contributed by atoms with Crippen LogP contribution < -0.4 is 11.2 Å². The molecular formula is C5H10N3O2S2+. The second-order valence-electron chi connectivity index (χ2n) is 3.14. The summed E-state index contributed by atoms with van der Waals surface area (Å²) in [5, 5.41) is 4.76. The predicted molar refractivity (Wildman–Crippen MR) is 49.8 cm³/mol. The average Bonchev–Trinajstić information content (AvgIpc) is 2.33. The third kappa shape index (κ3) is 1.13. The van der Waals surface area contributed by atoms with Crippen molar-refractivity contribution in [2.45, 2.75) is 12.1 Å². The second-order valence-corrected chi connectivity index (χ2v) is 5.73. The lowest BCUT2D eigenvalue weighted by atomic mass is 10.2. The Kier molecular flexibility index (Phi) is 1.66. The number of fused-ring (bicyclic) bond motifs is 1. The lowest BCUT2D eigenvalue weighted by molar-refractivity contribution is 0.367. The Labute approximate surface area is 76.5 Å². The van der Waals surface area contributed by atoms with E-state index in [0.29, 0.717) is 5.11 Å². The molecule has 2 fully saturated rings. The van der Waals surface area contributed by atoms with Crippen LogP contribution in [0.4, 0.5) is 0 Å². The first-order valence-corrected chi connectivity index (χ1v) is 5.82. The summed E-state index contributed by atoms with van der Waals surface area (Å²) in [7, 11) is -2.66. The van der Waals surface area contributed by atoms with Crippen molar-refractivity contribution in [3.05, 3.63) is 0 Å². The molecule has 1 unspecified atom stereocenters. The van der Waals surface area contributed by atoms with Crippen LogP contribution >= 0.6 is 12.2 Å². The Morgan fingerprint density at radius 3 is 3.00 bits per heavy atom. The molecule has 2 aliphatic heterocycles. The van der Waals surface area contributed by atoms with E-state index in [1.807, 2.05) is 0 Å². The molecule has 0 aromatic carbocycles. The smallest absolute Gasteiger partial charge is 0.218 e. The van der Waals surface area contributed by atoms with Crippen LogP contribution in [0.25, 0.3) is 0 Å². The van der Waals surface area contributed by atoms with E-state index in [1.165, 1.54) is 5.01 Å².